The molecule has 3 rings (SSSR count). The molecule has 0 aliphatic heterocycles. The van der Waals surface area contributed by atoms with Gasteiger partial charge in [0.15, 0.2) is 0 Å². The van der Waals surface area contributed by atoms with Crippen LogP contribution in [-0.2, 0) is 6.42 Å². The third kappa shape index (κ3) is 1.55. The number of fused-ring (bicyclic) bond motifs is 1. The minimum absolute atomic E-state index is 0.171. The second-order valence-electron chi connectivity index (χ2n) is 4.76. The first-order valence-corrected chi connectivity index (χ1v) is 5.96. The van der Waals surface area contributed by atoms with E-state index in [0.717, 1.165) is 18.7 Å². The van der Waals surface area contributed by atoms with E-state index >= 15 is 0 Å². The van der Waals surface area contributed by atoms with Gasteiger partial charge in [0.1, 0.15) is 5.82 Å². The van der Waals surface area contributed by atoms with Crippen molar-refractivity contribution in [2.45, 2.75) is 50.5 Å². The first-order valence-electron chi connectivity index (χ1n) is 5.96. The molecule has 80 valence electrons. The average molecular weight is 203 g/mol. The van der Waals surface area contributed by atoms with Crippen molar-refractivity contribution < 1.29 is 0 Å². The lowest BCUT2D eigenvalue weighted by Crippen LogP contribution is -2.21. The standard InChI is InChI=1S/C12H17N3/c13-10-5-2-6-11-9(10)7-14-12(15-11)8-3-1-4-8/h7-8,10H,1-6,13H2. The minimum Gasteiger partial charge on any atom is -0.324 e. The maximum atomic E-state index is 6.04. The number of hydrogen-bond acceptors (Lipinski definition) is 3. The lowest BCUT2D eigenvalue weighted by molar-refractivity contribution is 0.398. The Morgan fingerprint density at radius 1 is 1.20 bits per heavy atom. The van der Waals surface area contributed by atoms with Crippen LogP contribution in [0.25, 0.3) is 0 Å². The van der Waals surface area contributed by atoms with Gasteiger partial charge >= 0.3 is 0 Å². The molecule has 15 heavy (non-hydrogen) atoms. The number of aryl methyl sites for hydroxylation is 1. The monoisotopic (exact) mass is 203 g/mol. The summed E-state index contributed by atoms with van der Waals surface area (Å²) in [5.74, 6) is 1.70. The van der Waals surface area contributed by atoms with Crippen LogP contribution < -0.4 is 5.73 Å². The molecule has 1 heterocycles. The zero-order valence-electron chi connectivity index (χ0n) is 8.95. The smallest absolute Gasteiger partial charge is 0.131 e. The summed E-state index contributed by atoms with van der Waals surface area (Å²) in [6, 6.07) is 0.171. The molecular formula is C12H17N3. The Hall–Kier alpha value is -0.960. The average Bonchev–Trinajstić information content (AvgIpc) is 2.15. The zero-order chi connectivity index (χ0) is 10.3. The van der Waals surface area contributed by atoms with Crippen LogP contribution in [0.3, 0.4) is 0 Å². The minimum atomic E-state index is 0.171. The van der Waals surface area contributed by atoms with Gasteiger partial charge in [-0.1, -0.05) is 6.42 Å². The summed E-state index contributed by atoms with van der Waals surface area (Å²) >= 11 is 0. The van der Waals surface area contributed by atoms with Gasteiger partial charge in [-0.3, -0.25) is 0 Å². The highest BCUT2D eigenvalue weighted by Gasteiger charge is 2.25. The van der Waals surface area contributed by atoms with Gasteiger partial charge in [0.05, 0.1) is 0 Å². The van der Waals surface area contributed by atoms with Gasteiger partial charge < -0.3 is 5.73 Å². The molecule has 0 spiro atoms. The summed E-state index contributed by atoms with van der Waals surface area (Å²) < 4.78 is 0. The normalized spacial score (nSPS) is 25.8. The van der Waals surface area contributed by atoms with E-state index in [4.69, 9.17) is 10.7 Å². The van der Waals surface area contributed by atoms with Gasteiger partial charge in [0.2, 0.25) is 0 Å². The summed E-state index contributed by atoms with van der Waals surface area (Å²) in [6.07, 6.45) is 9.19. The second kappa shape index (κ2) is 3.56. The summed E-state index contributed by atoms with van der Waals surface area (Å²) in [5.41, 5.74) is 8.44. The van der Waals surface area contributed by atoms with E-state index < -0.39 is 0 Å². The molecule has 2 aliphatic rings. The first-order chi connectivity index (χ1) is 7.34. The van der Waals surface area contributed by atoms with E-state index in [0.29, 0.717) is 5.92 Å². The predicted octanol–water partition coefficient (Wildman–Crippen LogP) is 2.08. The highest BCUT2D eigenvalue weighted by Crippen LogP contribution is 2.35. The van der Waals surface area contributed by atoms with Crippen molar-refractivity contribution in [2.24, 2.45) is 5.73 Å². The van der Waals surface area contributed by atoms with Crippen LogP contribution in [0, 0.1) is 0 Å². The molecular weight excluding hydrogens is 186 g/mol. The molecule has 1 saturated carbocycles. The van der Waals surface area contributed by atoms with Crippen LogP contribution in [-0.4, -0.2) is 9.97 Å². The van der Waals surface area contributed by atoms with Crippen molar-refractivity contribution >= 4 is 0 Å². The molecule has 1 aromatic rings. The van der Waals surface area contributed by atoms with Gasteiger partial charge in [0, 0.05) is 29.4 Å². The molecule has 3 nitrogen and oxygen atoms in total. The van der Waals surface area contributed by atoms with E-state index in [2.05, 4.69) is 4.98 Å². The number of rotatable bonds is 1. The van der Waals surface area contributed by atoms with Gasteiger partial charge in [0.25, 0.3) is 0 Å². The maximum Gasteiger partial charge on any atom is 0.131 e. The predicted molar refractivity (Wildman–Crippen MR) is 58.5 cm³/mol. The molecule has 2 aliphatic carbocycles. The van der Waals surface area contributed by atoms with Crippen molar-refractivity contribution in [1.82, 2.24) is 9.97 Å². The molecule has 1 atom stereocenters. The maximum absolute atomic E-state index is 6.04. The Kier molecular flexibility index (Phi) is 2.20. The van der Waals surface area contributed by atoms with Crippen molar-refractivity contribution in [1.29, 1.82) is 0 Å². The lowest BCUT2D eigenvalue weighted by atomic mass is 9.84. The van der Waals surface area contributed by atoms with Crippen LogP contribution in [0.2, 0.25) is 0 Å². The van der Waals surface area contributed by atoms with E-state index in [1.165, 1.54) is 36.9 Å². The van der Waals surface area contributed by atoms with Crippen molar-refractivity contribution in [3.63, 3.8) is 0 Å². The molecule has 1 aromatic heterocycles. The Labute approximate surface area is 90.1 Å². The molecule has 1 fully saturated rings. The van der Waals surface area contributed by atoms with Crippen LogP contribution in [0.1, 0.15) is 61.1 Å². The van der Waals surface area contributed by atoms with E-state index in [-0.39, 0.29) is 6.04 Å². The van der Waals surface area contributed by atoms with Crippen LogP contribution >= 0.6 is 0 Å². The summed E-state index contributed by atoms with van der Waals surface area (Å²) in [4.78, 5) is 9.17. The molecule has 0 amide bonds. The van der Waals surface area contributed by atoms with Crippen molar-refractivity contribution in [2.75, 3.05) is 0 Å². The number of nitrogens with two attached hydrogens (primary N) is 1. The lowest BCUT2D eigenvalue weighted by Gasteiger charge is -2.26. The second-order valence-corrected chi connectivity index (χ2v) is 4.76. The quantitative estimate of drug-likeness (QED) is 0.760. The SMILES string of the molecule is NC1CCCc2nc(C3CCC3)ncc21. The zero-order valence-corrected chi connectivity index (χ0v) is 8.95. The van der Waals surface area contributed by atoms with Gasteiger partial charge in [-0.05, 0) is 32.1 Å². The highest BCUT2D eigenvalue weighted by molar-refractivity contribution is 5.25. The number of hydrogen-bond donors (Lipinski definition) is 1. The fraction of sp³-hybridized carbons (Fsp3) is 0.667. The number of nitrogens with zero attached hydrogens (tertiary/aromatic N) is 2. The topological polar surface area (TPSA) is 51.8 Å². The molecule has 2 N–H and O–H groups in total. The third-order valence-corrected chi connectivity index (χ3v) is 3.72. The summed E-state index contributed by atoms with van der Waals surface area (Å²) in [6.45, 7) is 0. The third-order valence-electron chi connectivity index (χ3n) is 3.72. The molecule has 0 saturated heterocycles. The fourth-order valence-corrected chi connectivity index (χ4v) is 2.46. The Bertz CT molecular complexity index is 371. The van der Waals surface area contributed by atoms with Crippen LogP contribution in [0.5, 0.6) is 0 Å². The molecule has 0 radical (unpaired) electrons. The van der Waals surface area contributed by atoms with Gasteiger partial charge in [-0.15, -0.1) is 0 Å². The summed E-state index contributed by atoms with van der Waals surface area (Å²) in [5, 5.41) is 0. The highest BCUT2D eigenvalue weighted by atomic mass is 14.9. The van der Waals surface area contributed by atoms with Crippen LogP contribution in [0.4, 0.5) is 0 Å². The van der Waals surface area contributed by atoms with Crippen molar-refractivity contribution in [3.8, 4) is 0 Å². The summed E-state index contributed by atoms with van der Waals surface area (Å²) in [7, 11) is 0. The van der Waals surface area contributed by atoms with Gasteiger partial charge in [-0.25, -0.2) is 9.97 Å². The fourth-order valence-electron chi connectivity index (χ4n) is 2.46. The van der Waals surface area contributed by atoms with E-state index in [1.54, 1.807) is 0 Å². The van der Waals surface area contributed by atoms with E-state index in [1.807, 2.05) is 6.20 Å². The molecule has 0 bridgehead atoms. The largest absolute Gasteiger partial charge is 0.324 e. The van der Waals surface area contributed by atoms with E-state index in [9.17, 15) is 0 Å². The van der Waals surface area contributed by atoms with Gasteiger partial charge in [-0.2, -0.15) is 0 Å². The molecule has 0 aromatic carbocycles. The van der Waals surface area contributed by atoms with Crippen molar-refractivity contribution in [3.05, 3.63) is 23.3 Å². The van der Waals surface area contributed by atoms with Crippen LogP contribution in [0.15, 0.2) is 6.20 Å². The number of aromatic nitrogens is 2. The first kappa shape index (κ1) is 9.28. The Balaban J connectivity index is 1.94. The molecule has 1 unspecified atom stereocenters. The Morgan fingerprint density at radius 2 is 2.07 bits per heavy atom. The Morgan fingerprint density at radius 3 is 2.80 bits per heavy atom. The molecule has 3 heteroatoms.